The van der Waals surface area contributed by atoms with Crippen LogP contribution >= 0.6 is 23.1 Å². The van der Waals surface area contributed by atoms with Gasteiger partial charge in [0.25, 0.3) is 0 Å². The molecule has 1 atom stereocenters. The molecule has 206 valence electrons. The molecule has 5 rings (SSSR count). The Morgan fingerprint density at radius 3 is 2.60 bits per heavy atom. The first kappa shape index (κ1) is 27.3. The highest BCUT2D eigenvalue weighted by Crippen LogP contribution is 2.24. The zero-order valence-corrected chi connectivity index (χ0v) is 21.7. The molecule has 0 aliphatic rings. The Labute approximate surface area is 231 Å². The standard InChI is InChI=1S/C23H17ClF3N9O3S/c24-14-5-3-13(4-6-14)21-32-35(22(39)34(21)9-19(38)23(25,26)27)10-20-29-12-36(31-20)17-2-1-7-28-15(17)8-18(37)16-11-40-33-30-16/h1-7,11-12,19,38H,8-10H2/t19-/m0/s1. The lowest BCUT2D eigenvalue weighted by Crippen LogP contribution is -2.37. The van der Waals surface area contributed by atoms with Crippen molar-refractivity contribution in [1.82, 2.24) is 43.7 Å². The summed E-state index contributed by atoms with van der Waals surface area (Å²) in [6, 6.07) is 9.29. The number of alkyl halides is 3. The van der Waals surface area contributed by atoms with Crippen molar-refractivity contribution in [2.75, 3.05) is 0 Å². The molecule has 5 aromatic rings. The summed E-state index contributed by atoms with van der Waals surface area (Å²) in [5, 5.41) is 23.9. The van der Waals surface area contributed by atoms with Gasteiger partial charge >= 0.3 is 11.9 Å². The lowest BCUT2D eigenvalue weighted by molar-refractivity contribution is -0.207. The Balaban J connectivity index is 1.44. The third-order valence-corrected chi connectivity index (χ3v) is 6.43. The number of carbonyl (C=O) groups is 1. The second-order valence-corrected chi connectivity index (χ2v) is 9.45. The predicted molar refractivity (Wildman–Crippen MR) is 135 cm³/mol. The summed E-state index contributed by atoms with van der Waals surface area (Å²) in [6.45, 7) is -1.36. The molecular weight excluding hydrogens is 575 g/mol. The maximum Gasteiger partial charge on any atom is 0.416 e. The fraction of sp³-hybridized carbons (Fsp3) is 0.217. The van der Waals surface area contributed by atoms with Crippen molar-refractivity contribution >= 4 is 28.9 Å². The number of benzene rings is 1. The van der Waals surface area contributed by atoms with Gasteiger partial charge in [0.15, 0.2) is 23.5 Å². The average molecular weight is 592 g/mol. The molecule has 0 amide bonds. The maximum atomic E-state index is 13.1. The Bertz CT molecular complexity index is 1700. The first-order valence-electron chi connectivity index (χ1n) is 11.4. The maximum absolute atomic E-state index is 13.1. The van der Waals surface area contributed by atoms with Gasteiger partial charge in [0.05, 0.1) is 24.3 Å². The zero-order valence-electron chi connectivity index (χ0n) is 20.1. The molecule has 4 aromatic heterocycles. The van der Waals surface area contributed by atoms with Gasteiger partial charge in [-0.05, 0) is 47.9 Å². The Morgan fingerprint density at radius 1 is 1.12 bits per heavy atom. The molecule has 1 aromatic carbocycles. The van der Waals surface area contributed by atoms with Crippen LogP contribution in [0.15, 0.2) is 59.1 Å². The SMILES string of the molecule is O=C(Cc1ncccc1-n1cnc(Cn2nc(-c3ccc(Cl)cc3)n(C[C@H](O)C(F)(F)F)c2=O)n1)c1csnn1. The number of carbonyl (C=O) groups excluding carboxylic acids is 1. The van der Waals surface area contributed by atoms with E-state index in [0.717, 1.165) is 20.8 Å². The monoisotopic (exact) mass is 591 g/mol. The second-order valence-electron chi connectivity index (χ2n) is 8.40. The second kappa shape index (κ2) is 11.1. The summed E-state index contributed by atoms with van der Waals surface area (Å²) >= 11 is 6.96. The van der Waals surface area contributed by atoms with Crippen LogP contribution < -0.4 is 5.69 Å². The quantitative estimate of drug-likeness (QED) is 0.255. The number of ketones is 1. The highest BCUT2D eigenvalue weighted by atomic mass is 35.5. The molecule has 0 saturated carbocycles. The number of aliphatic hydroxyl groups is 1. The predicted octanol–water partition coefficient (Wildman–Crippen LogP) is 2.59. The summed E-state index contributed by atoms with van der Waals surface area (Å²) in [5.74, 6) is -0.286. The van der Waals surface area contributed by atoms with E-state index in [0.29, 0.717) is 22.0 Å². The van der Waals surface area contributed by atoms with Crippen LogP contribution in [0, 0.1) is 0 Å². The molecule has 0 radical (unpaired) electrons. The van der Waals surface area contributed by atoms with Gasteiger partial charge < -0.3 is 5.11 Å². The van der Waals surface area contributed by atoms with Crippen LogP contribution in [0.5, 0.6) is 0 Å². The van der Waals surface area contributed by atoms with Gasteiger partial charge in [0.1, 0.15) is 18.6 Å². The van der Waals surface area contributed by atoms with Crippen LogP contribution in [-0.2, 0) is 19.5 Å². The van der Waals surface area contributed by atoms with Crippen LogP contribution in [0.4, 0.5) is 13.2 Å². The van der Waals surface area contributed by atoms with E-state index in [2.05, 4.69) is 29.8 Å². The molecule has 0 fully saturated rings. The fourth-order valence-corrected chi connectivity index (χ4v) is 4.31. The molecule has 17 heteroatoms. The van der Waals surface area contributed by atoms with E-state index >= 15 is 0 Å². The van der Waals surface area contributed by atoms with E-state index < -0.39 is 24.5 Å². The van der Waals surface area contributed by atoms with E-state index in [4.69, 9.17) is 11.6 Å². The number of rotatable bonds is 9. The van der Waals surface area contributed by atoms with E-state index in [1.807, 2.05) is 0 Å². The fourth-order valence-electron chi connectivity index (χ4n) is 3.72. The number of nitrogens with zero attached hydrogens (tertiary/aromatic N) is 9. The average Bonchev–Trinajstić information content (AvgIpc) is 3.68. The molecule has 0 saturated heterocycles. The van der Waals surface area contributed by atoms with Gasteiger partial charge in [0, 0.05) is 22.2 Å². The molecule has 1 N–H and O–H groups in total. The van der Waals surface area contributed by atoms with Crippen molar-refractivity contribution in [2.24, 2.45) is 0 Å². The molecule has 0 spiro atoms. The van der Waals surface area contributed by atoms with Crippen molar-refractivity contribution < 1.29 is 23.1 Å². The van der Waals surface area contributed by atoms with Crippen molar-refractivity contribution in [1.29, 1.82) is 0 Å². The molecule has 12 nitrogen and oxygen atoms in total. The van der Waals surface area contributed by atoms with Gasteiger partial charge in [-0.25, -0.2) is 19.1 Å². The summed E-state index contributed by atoms with van der Waals surface area (Å²) in [7, 11) is 0. The van der Waals surface area contributed by atoms with E-state index in [1.165, 1.54) is 46.9 Å². The van der Waals surface area contributed by atoms with Crippen molar-refractivity contribution in [3.8, 4) is 17.1 Å². The normalized spacial score (nSPS) is 12.5. The highest BCUT2D eigenvalue weighted by Gasteiger charge is 2.39. The van der Waals surface area contributed by atoms with Gasteiger partial charge in [-0.3, -0.25) is 14.3 Å². The summed E-state index contributed by atoms with van der Waals surface area (Å²) in [5.41, 5.74) is 0.459. The highest BCUT2D eigenvalue weighted by molar-refractivity contribution is 7.03. The van der Waals surface area contributed by atoms with Gasteiger partial charge in [-0.15, -0.1) is 15.3 Å². The third kappa shape index (κ3) is 5.83. The number of aromatic nitrogens is 9. The number of halogens is 4. The van der Waals surface area contributed by atoms with Crippen molar-refractivity contribution in [3.05, 3.63) is 87.0 Å². The van der Waals surface area contributed by atoms with Crippen LogP contribution in [-0.4, -0.2) is 66.9 Å². The van der Waals surface area contributed by atoms with Crippen LogP contribution in [0.25, 0.3) is 17.1 Å². The van der Waals surface area contributed by atoms with Crippen molar-refractivity contribution in [3.63, 3.8) is 0 Å². The van der Waals surface area contributed by atoms with Gasteiger partial charge in [-0.1, -0.05) is 16.1 Å². The van der Waals surface area contributed by atoms with E-state index in [9.17, 15) is 27.9 Å². The number of hydrogen-bond donors (Lipinski definition) is 1. The van der Waals surface area contributed by atoms with E-state index in [-0.39, 0.29) is 36.1 Å². The molecule has 0 aliphatic carbocycles. The minimum absolute atomic E-state index is 0.0768. The van der Waals surface area contributed by atoms with Crippen LogP contribution in [0.1, 0.15) is 22.0 Å². The zero-order chi connectivity index (χ0) is 28.4. The number of Topliss-reactive ketones (excluding diaryl/α,β-unsaturated/α-hetero) is 1. The van der Waals surface area contributed by atoms with Crippen LogP contribution in [0.2, 0.25) is 5.02 Å². The summed E-state index contributed by atoms with van der Waals surface area (Å²) < 4.78 is 46.0. The minimum Gasteiger partial charge on any atom is -0.382 e. The summed E-state index contributed by atoms with van der Waals surface area (Å²) in [6.07, 6.45) is -4.95. The number of hydrogen-bond acceptors (Lipinski definition) is 10. The molecule has 4 heterocycles. The van der Waals surface area contributed by atoms with Crippen LogP contribution in [0.3, 0.4) is 0 Å². The van der Waals surface area contributed by atoms with Gasteiger partial charge in [0.2, 0.25) is 0 Å². The first-order valence-corrected chi connectivity index (χ1v) is 12.6. The Hall–Kier alpha value is -4.28. The smallest absolute Gasteiger partial charge is 0.382 e. The minimum atomic E-state index is -4.95. The summed E-state index contributed by atoms with van der Waals surface area (Å²) in [4.78, 5) is 34.1. The largest absolute Gasteiger partial charge is 0.416 e. The third-order valence-electron chi connectivity index (χ3n) is 5.68. The molecule has 40 heavy (non-hydrogen) atoms. The molecule has 0 aliphatic heterocycles. The molecule has 0 unspecified atom stereocenters. The molecule has 0 bridgehead atoms. The Kier molecular flexibility index (Phi) is 7.55. The number of pyridine rings is 1. The van der Waals surface area contributed by atoms with Gasteiger partial charge in [-0.2, -0.15) is 13.2 Å². The number of aliphatic hydroxyl groups excluding tert-OH is 1. The Morgan fingerprint density at radius 2 is 1.90 bits per heavy atom. The lowest BCUT2D eigenvalue weighted by atomic mass is 10.1. The molecular formula is C23H17ClF3N9O3S. The lowest BCUT2D eigenvalue weighted by Gasteiger charge is -2.15. The topological polar surface area (TPSA) is 146 Å². The first-order chi connectivity index (χ1) is 19.1. The van der Waals surface area contributed by atoms with E-state index in [1.54, 1.807) is 12.1 Å². The van der Waals surface area contributed by atoms with Crippen molar-refractivity contribution in [2.45, 2.75) is 31.8 Å².